The lowest BCUT2D eigenvalue weighted by Crippen LogP contribution is -2.48. The Balaban J connectivity index is 1.33. The first-order valence-electron chi connectivity index (χ1n) is 9.93. The lowest BCUT2D eigenvalue weighted by molar-refractivity contribution is 0.0633. The Bertz CT molecular complexity index is 1040. The van der Waals surface area contributed by atoms with E-state index in [0.717, 1.165) is 59.6 Å². The first kappa shape index (κ1) is 21.4. The van der Waals surface area contributed by atoms with Crippen molar-refractivity contribution in [3.8, 4) is 0 Å². The number of thiophene rings is 1. The molecule has 1 saturated heterocycles. The molecular weight excluding hydrogens is 439 g/mol. The predicted octanol–water partition coefficient (Wildman–Crippen LogP) is 4.87. The van der Waals surface area contributed by atoms with E-state index in [1.807, 2.05) is 47.0 Å². The van der Waals surface area contributed by atoms with Crippen molar-refractivity contribution in [2.24, 2.45) is 0 Å². The summed E-state index contributed by atoms with van der Waals surface area (Å²) >= 11 is 13.7. The van der Waals surface area contributed by atoms with Gasteiger partial charge in [-0.05, 0) is 48.6 Å². The Kier molecular flexibility index (Phi) is 6.48. The summed E-state index contributed by atoms with van der Waals surface area (Å²) in [7, 11) is 0. The number of nitrogens with zero attached hydrogens (tertiary/aromatic N) is 4. The standard InChI is InChI=1S/C22H24Cl2N4OS/c1-15-21(24)16(2)28(25-15)13-18-11-20(30-14-18)22(29)27-9-7-26(8-10-27)12-17-3-5-19(23)6-4-17/h3-6,11,14H,7-10,12-13H2,1-2H3. The van der Waals surface area contributed by atoms with Gasteiger partial charge in [0.1, 0.15) is 0 Å². The summed E-state index contributed by atoms with van der Waals surface area (Å²) in [6.07, 6.45) is 0. The number of hydrogen-bond donors (Lipinski definition) is 0. The fourth-order valence-corrected chi connectivity index (χ4v) is 4.82. The fraction of sp³-hybridized carbons (Fsp3) is 0.364. The topological polar surface area (TPSA) is 41.4 Å². The maximum absolute atomic E-state index is 13.0. The molecule has 0 aliphatic carbocycles. The number of aromatic nitrogens is 2. The van der Waals surface area contributed by atoms with Crippen molar-refractivity contribution in [2.75, 3.05) is 26.2 Å². The summed E-state index contributed by atoms with van der Waals surface area (Å²) in [5.41, 5.74) is 4.10. The molecule has 0 saturated carbocycles. The van der Waals surface area contributed by atoms with Crippen molar-refractivity contribution in [2.45, 2.75) is 26.9 Å². The van der Waals surface area contributed by atoms with Gasteiger partial charge in [-0.15, -0.1) is 11.3 Å². The van der Waals surface area contributed by atoms with E-state index in [-0.39, 0.29) is 5.91 Å². The minimum atomic E-state index is 0.115. The van der Waals surface area contributed by atoms with Crippen LogP contribution in [0.5, 0.6) is 0 Å². The molecule has 1 fully saturated rings. The van der Waals surface area contributed by atoms with Crippen molar-refractivity contribution in [1.82, 2.24) is 19.6 Å². The molecule has 1 aliphatic heterocycles. The first-order chi connectivity index (χ1) is 14.4. The lowest BCUT2D eigenvalue weighted by Gasteiger charge is -2.34. The van der Waals surface area contributed by atoms with Gasteiger partial charge >= 0.3 is 0 Å². The molecule has 1 aromatic carbocycles. The minimum absolute atomic E-state index is 0.115. The number of benzene rings is 1. The van der Waals surface area contributed by atoms with E-state index in [0.29, 0.717) is 11.6 Å². The van der Waals surface area contributed by atoms with Crippen LogP contribution in [-0.4, -0.2) is 51.7 Å². The normalized spacial score (nSPS) is 15.0. The van der Waals surface area contributed by atoms with Gasteiger partial charge in [0.15, 0.2) is 0 Å². The Morgan fingerprint density at radius 2 is 1.73 bits per heavy atom. The van der Waals surface area contributed by atoms with E-state index in [2.05, 4.69) is 22.1 Å². The number of piperazine rings is 1. The summed E-state index contributed by atoms with van der Waals surface area (Å²) < 4.78 is 1.89. The van der Waals surface area contributed by atoms with E-state index in [4.69, 9.17) is 23.2 Å². The van der Waals surface area contributed by atoms with Crippen molar-refractivity contribution >= 4 is 40.4 Å². The molecule has 3 aromatic rings. The van der Waals surface area contributed by atoms with Crippen LogP contribution in [0.25, 0.3) is 0 Å². The number of halogens is 2. The third-order valence-corrected chi connectivity index (χ3v) is 7.23. The Morgan fingerprint density at radius 3 is 2.37 bits per heavy atom. The molecule has 5 nitrogen and oxygen atoms in total. The Hall–Kier alpha value is -1.86. The quantitative estimate of drug-likeness (QED) is 0.542. The van der Waals surface area contributed by atoms with E-state index in [1.54, 1.807) is 0 Å². The average molecular weight is 463 g/mol. The fourth-order valence-electron chi connectivity index (χ4n) is 3.69. The number of carbonyl (C=O) groups is 1. The van der Waals surface area contributed by atoms with Gasteiger partial charge in [0.25, 0.3) is 5.91 Å². The molecule has 0 radical (unpaired) electrons. The highest BCUT2D eigenvalue weighted by atomic mass is 35.5. The van der Waals surface area contributed by atoms with E-state index in [1.165, 1.54) is 16.9 Å². The number of aryl methyl sites for hydroxylation is 1. The number of rotatable bonds is 5. The number of carbonyl (C=O) groups excluding carboxylic acids is 1. The molecule has 2 aromatic heterocycles. The van der Waals surface area contributed by atoms with Crippen LogP contribution in [0.2, 0.25) is 10.0 Å². The molecule has 30 heavy (non-hydrogen) atoms. The van der Waals surface area contributed by atoms with Gasteiger partial charge in [0.2, 0.25) is 0 Å². The van der Waals surface area contributed by atoms with Crippen LogP contribution in [0.3, 0.4) is 0 Å². The van der Waals surface area contributed by atoms with Gasteiger partial charge < -0.3 is 4.90 Å². The monoisotopic (exact) mass is 462 g/mol. The molecule has 1 amide bonds. The van der Waals surface area contributed by atoms with Gasteiger partial charge in [0, 0.05) is 37.7 Å². The van der Waals surface area contributed by atoms with Crippen LogP contribution in [0.15, 0.2) is 35.7 Å². The summed E-state index contributed by atoms with van der Waals surface area (Å²) in [5, 5.41) is 7.98. The van der Waals surface area contributed by atoms with Crippen molar-refractivity contribution < 1.29 is 4.79 Å². The molecular formula is C22H24Cl2N4OS. The van der Waals surface area contributed by atoms with Gasteiger partial charge in [-0.1, -0.05) is 35.3 Å². The van der Waals surface area contributed by atoms with Crippen molar-refractivity contribution in [1.29, 1.82) is 0 Å². The zero-order chi connectivity index (χ0) is 21.3. The predicted molar refractivity (Wildman–Crippen MR) is 123 cm³/mol. The lowest BCUT2D eigenvalue weighted by atomic mass is 10.2. The van der Waals surface area contributed by atoms with Crippen molar-refractivity contribution in [3.05, 3.63) is 73.1 Å². The first-order valence-corrected chi connectivity index (χ1v) is 11.6. The third kappa shape index (κ3) is 4.72. The highest BCUT2D eigenvalue weighted by Crippen LogP contribution is 2.23. The van der Waals surface area contributed by atoms with Crippen LogP contribution in [0, 0.1) is 13.8 Å². The van der Waals surface area contributed by atoms with Gasteiger partial charge in [0.05, 0.1) is 27.8 Å². The highest BCUT2D eigenvalue weighted by molar-refractivity contribution is 7.12. The minimum Gasteiger partial charge on any atom is -0.335 e. The van der Waals surface area contributed by atoms with E-state index >= 15 is 0 Å². The van der Waals surface area contributed by atoms with Crippen LogP contribution >= 0.6 is 34.5 Å². The number of hydrogen-bond acceptors (Lipinski definition) is 4. The van der Waals surface area contributed by atoms with Gasteiger partial charge in [-0.3, -0.25) is 14.4 Å². The zero-order valence-electron chi connectivity index (χ0n) is 17.1. The molecule has 1 aliphatic rings. The molecule has 0 atom stereocenters. The second-order valence-electron chi connectivity index (χ2n) is 7.66. The summed E-state index contributed by atoms with van der Waals surface area (Å²) in [4.78, 5) is 18.1. The van der Waals surface area contributed by atoms with Crippen LogP contribution in [0.1, 0.15) is 32.2 Å². The van der Waals surface area contributed by atoms with Gasteiger partial charge in [-0.25, -0.2) is 0 Å². The highest BCUT2D eigenvalue weighted by Gasteiger charge is 2.23. The molecule has 4 rings (SSSR count). The second kappa shape index (κ2) is 9.10. The Morgan fingerprint density at radius 1 is 1.03 bits per heavy atom. The molecule has 0 bridgehead atoms. The van der Waals surface area contributed by atoms with Crippen LogP contribution in [0.4, 0.5) is 0 Å². The van der Waals surface area contributed by atoms with E-state index in [9.17, 15) is 4.79 Å². The Labute approximate surface area is 190 Å². The summed E-state index contributed by atoms with van der Waals surface area (Å²) in [6.45, 7) is 8.60. The maximum atomic E-state index is 13.0. The molecule has 158 valence electrons. The smallest absolute Gasteiger partial charge is 0.264 e. The molecule has 0 N–H and O–H groups in total. The molecule has 0 spiro atoms. The number of amides is 1. The second-order valence-corrected chi connectivity index (χ2v) is 9.38. The average Bonchev–Trinajstić information content (AvgIpc) is 3.31. The third-order valence-electron chi connectivity index (χ3n) is 5.47. The summed E-state index contributed by atoms with van der Waals surface area (Å²) in [5.74, 6) is 0.115. The van der Waals surface area contributed by atoms with Crippen LogP contribution < -0.4 is 0 Å². The SMILES string of the molecule is Cc1nn(Cc2csc(C(=O)N3CCN(Cc4ccc(Cl)cc4)CC3)c2)c(C)c1Cl. The van der Waals surface area contributed by atoms with Gasteiger partial charge in [-0.2, -0.15) is 5.10 Å². The molecule has 3 heterocycles. The summed E-state index contributed by atoms with van der Waals surface area (Å²) in [6, 6.07) is 9.94. The molecule has 8 heteroatoms. The van der Waals surface area contributed by atoms with E-state index < -0.39 is 0 Å². The largest absolute Gasteiger partial charge is 0.335 e. The van der Waals surface area contributed by atoms with Crippen LogP contribution in [-0.2, 0) is 13.1 Å². The molecule has 0 unspecified atom stereocenters. The van der Waals surface area contributed by atoms with Crippen molar-refractivity contribution in [3.63, 3.8) is 0 Å². The zero-order valence-corrected chi connectivity index (χ0v) is 19.4. The maximum Gasteiger partial charge on any atom is 0.264 e.